The van der Waals surface area contributed by atoms with Gasteiger partial charge in [-0.15, -0.1) is 0 Å². The van der Waals surface area contributed by atoms with Gasteiger partial charge in [0.1, 0.15) is 19.0 Å². The van der Waals surface area contributed by atoms with Gasteiger partial charge in [-0.3, -0.25) is 19.3 Å². The number of imide groups is 1. The molecule has 0 radical (unpaired) electrons. The molecule has 0 atom stereocenters. The molecule has 3 amide bonds. The van der Waals surface area contributed by atoms with Crippen LogP contribution in [0.25, 0.3) is 6.08 Å². The van der Waals surface area contributed by atoms with Crippen molar-refractivity contribution in [2.24, 2.45) is 0 Å². The van der Waals surface area contributed by atoms with Crippen LogP contribution in [0.5, 0.6) is 11.5 Å². The standard InChI is InChI=1S/C27H20BrCl2FN2O5S/c1-2-37-22-10-15(9-18(28)25(22)38-14-16-5-3-4-6-19(16)29)11-23-26(35)33(27(36)39-23)13-24(34)32-17-7-8-21(31)20(30)12-17/h3-12H,2,13-14H2,1H3,(H,32,34)/b23-11+. The summed E-state index contributed by atoms with van der Waals surface area (Å²) in [7, 11) is 0. The number of rotatable bonds is 9. The van der Waals surface area contributed by atoms with E-state index in [1.807, 2.05) is 25.1 Å². The molecule has 12 heteroatoms. The largest absolute Gasteiger partial charge is 0.490 e. The van der Waals surface area contributed by atoms with E-state index in [2.05, 4.69) is 21.2 Å². The minimum atomic E-state index is -0.636. The number of ether oxygens (including phenoxy) is 2. The number of carbonyl (C=O) groups is 3. The van der Waals surface area contributed by atoms with E-state index in [0.29, 0.717) is 44.9 Å². The summed E-state index contributed by atoms with van der Waals surface area (Å²) in [6.45, 7) is 1.89. The van der Waals surface area contributed by atoms with Crippen molar-refractivity contribution in [2.75, 3.05) is 18.5 Å². The van der Waals surface area contributed by atoms with Gasteiger partial charge in [-0.25, -0.2) is 4.39 Å². The number of nitrogens with zero attached hydrogens (tertiary/aromatic N) is 1. The van der Waals surface area contributed by atoms with Crippen molar-refractivity contribution in [1.82, 2.24) is 4.90 Å². The van der Waals surface area contributed by atoms with E-state index in [-0.39, 0.29) is 22.2 Å². The molecule has 0 unspecified atom stereocenters. The third-order valence-electron chi connectivity index (χ3n) is 5.34. The summed E-state index contributed by atoms with van der Waals surface area (Å²) in [5.74, 6) is -1.00. The zero-order chi connectivity index (χ0) is 28.1. The van der Waals surface area contributed by atoms with Crippen LogP contribution in [0.3, 0.4) is 0 Å². The summed E-state index contributed by atoms with van der Waals surface area (Å²) in [6, 6.07) is 14.4. The summed E-state index contributed by atoms with van der Waals surface area (Å²) in [5, 5.41) is 2.31. The molecule has 1 N–H and O–H groups in total. The Bertz CT molecular complexity index is 1490. The average Bonchev–Trinajstić information content (AvgIpc) is 3.14. The maximum atomic E-state index is 13.4. The van der Waals surface area contributed by atoms with Crippen LogP contribution in [0.1, 0.15) is 18.1 Å². The monoisotopic (exact) mass is 652 g/mol. The second-order valence-corrected chi connectivity index (χ2v) is 10.7. The number of amides is 3. The SMILES string of the molecule is CCOc1cc(/C=C2/SC(=O)N(CC(=O)Nc3ccc(F)c(Cl)c3)C2=O)cc(Br)c1OCc1ccccc1Cl. The first kappa shape index (κ1) is 28.9. The molecule has 0 aromatic heterocycles. The van der Waals surface area contributed by atoms with Crippen molar-refractivity contribution in [3.63, 3.8) is 0 Å². The van der Waals surface area contributed by atoms with Gasteiger partial charge in [-0.1, -0.05) is 41.4 Å². The molecule has 1 heterocycles. The van der Waals surface area contributed by atoms with Gasteiger partial charge in [-0.05, 0) is 82.7 Å². The highest BCUT2D eigenvalue weighted by Crippen LogP contribution is 2.40. The van der Waals surface area contributed by atoms with Crippen molar-refractivity contribution < 1.29 is 28.2 Å². The van der Waals surface area contributed by atoms with Crippen LogP contribution in [0.4, 0.5) is 14.9 Å². The van der Waals surface area contributed by atoms with Gasteiger partial charge in [0, 0.05) is 16.3 Å². The quantitative estimate of drug-likeness (QED) is 0.240. The first-order chi connectivity index (χ1) is 18.7. The van der Waals surface area contributed by atoms with Gasteiger partial charge in [-0.2, -0.15) is 0 Å². The van der Waals surface area contributed by atoms with Gasteiger partial charge in [0.25, 0.3) is 11.1 Å². The lowest BCUT2D eigenvalue weighted by Gasteiger charge is -2.15. The number of carbonyl (C=O) groups excluding carboxylic acids is 3. The third kappa shape index (κ3) is 7.13. The molecule has 1 aliphatic heterocycles. The molecular formula is C27H20BrCl2FN2O5S. The fraction of sp³-hybridized carbons (Fsp3) is 0.148. The Morgan fingerprint density at radius 2 is 1.87 bits per heavy atom. The molecule has 1 aliphatic rings. The van der Waals surface area contributed by atoms with Crippen molar-refractivity contribution in [2.45, 2.75) is 13.5 Å². The number of halogens is 4. The number of thioether (sulfide) groups is 1. The Morgan fingerprint density at radius 1 is 1.10 bits per heavy atom. The van der Waals surface area contributed by atoms with Gasteiger partial charge < -0.3 is 14.8 Å². The Hall–Kier alpha value is -3.05. The lowest BCUT2D eigenvalue weighted by atomic mass is 10.1. The topological polar surface area (TPSA) is 84.9 Å². The van der Waals surface area contributed by atoms with Crippen molar-refractivity contribution in [3.8, 4) is 11.5 Å². The number of benzene rings is 3. The highest BCUT2D eigenvalue weighted by atomic mass is 79.9. The van der Waals surface area contributed by atoms with Gasteiger partial charge in [0.05, 0.1) is 21.0 Å². The van der Waals surface area contributed by atoms with E-state index in [1.54, 1.807) is 18.2 Å². The van der Waals surface area contributed by atoms with E-state index < -0.39 is 29.4 Å². The lowest BCUT2D eigenvalue weighted by Crippen LogP contribution is -2.36. The Balaban J connectivity index is 1.49. The first-order valence-corrected chi connectivity index (χ1v) is 13.9. The molecule has 202 valence electrons. The fourth-order valence-corrected chi connectivity index (χ4v) is 5.33. The zero-order valence-corrected chi connectivity index (χ0v) is 24.2. The van der Waals surface area contributed by atoms with Gasteiger partial charge >= 0.3 is 0 Å². The Labute approximate surface area is 246 Å². The summed E-state index contributed by atoms with van der Waals surface area (Å²) in [5.41, 5.74) is 1.61. The summed E-state index contributed by atoms with van der Waals surface area (Å²) in [6.07, 6.45) is 1.54. The molecule has 7 nitrogen and oxygen atoms in total. The van der Waals surface area contributed by atoms with Crippen LogP contribution >= 0.6 is 50.9 Å². The van der Waals surface area contributed by atoms with Crippen molar-refractivity contribution >= 4 is 79.7 Å². The first-order valence-electron chi connectivity index (χ1n) is 11.5. The maximum Gasteiger partial charge on any atom is 0.294 e. The highest BCUT2D eigenvalue weighted by Gasteiger charge is 2.36. The van der Waals surface area contributed by atoms with Crippen LogP contribution in [0.15, 0.2) is 64.0 Å². The smallest absolute Gasteiger partial charge is 0.294 e. The van der Waals surface area contributed by atoms with E-state index in [9.17, 15) is 18.8 Å². The molecule has 0 aliphatic carbocycles. The number of hydrogen-bond donors (Lipinski definition) is 1. The van der Waals surface area contributed by atoms with Crippen LogP contribution in [0.2, 0.25) is 10.0 Å². The molecule has 1 fully saturated rings. The molecule has 1 saturated heterocycles. The van der Waals surface area contributed by atoms with Gasteiger partial charge in [0.2, 0.25) is 5.91 Å². The van der Waals surface area contributed by atoms with Crippen LogP contribution < -0.4 is 14.8 Å². The predicted molar refractivity (Wildman–Crippen MR) is 154 cm³/mol. The highest BCUT2D eigenvalue weighted by molar-refractivity contribution is 9.10. The van der Waals surface area contributed by atoms with Crippen molar-refractivity contribution in [3.05, 3.63) is 91.0 Å². The molecule has 0 spiro atoms. The Morgan fingerprint density at radius 3 is 2.59 bits per heavy atom. The molecule has 0 saturated carbocycles. The zero-order valence-electron chi connectivity index (χ0n) is 20.3. The second-order valence-electron chi connectivity index (χ2n) is 8.09. The second kappa shape index (κ2) is 12.9. The normalized spacial score (nSPS) is 14.2. The molecule has 4 rings (SSSR count). The maximum absolute atomic E-state index is 13.4. The molecule has 39 heavy (non-hydrogen) atoms. The lowest BCUT2D eigenvalue weighted by molar-refractivity contribution is -0.127. The number of nitrogens with one attached hydrogen (secondary N) is 1. The van der Waals surface area contributed by atoms with E-state index >= 15 is 0 Å². The van der Waals surface area contributed by atoms with E-state index in [1.165, 1.54) is 18.2 Å². The average molecular weight is 654 g/mol. The predicted octanol–water partition coefficient (Wildman–Crippen LogP) is 7.55. The van der Waals surface area contributed by atoms with E-state index in [0.717, 1.165) is 16.5 Å². The minimum absolute atomic E-state index is 0.136. The van der Waals surface area contributed by atoms with E-state index in [4.69, 9.17) is 32.7 Å². The molecule has 0 bridgehead atoms. The minimum Gasteiger partial charge on any atom is -0.490 e. The Kier molecular flexibility index (Phi) is 9.55. The van der Waals surface area contributed by atoms with Crippen LogP contribution in [-0.2, 0) is 16.2 Å². The van der Waals surface area contributed by atoms with Crippen LogP contribution in [-0.4, -0.2) is 35.1 Å². The molecular weight excluding hydrogens is 634 g/mol. The number of hydrogen-bond acceptors (Lipinski definition) is 6. The third-order valence-corrected chi connectivity index (χ3v) is 7.49. The van der Waals surface area contributed by atoms with Crippen molar-refractivity contribution in [1.29, 1.82) is 0 Å². The van der Waals surface area contributed by atoms with Gasteiger partial charge in [0.15, 0.2) is 11.5 Å². The molecule has 3 aromatic rings. The number of anilines is 1. The summed E-state index contributed by atoms with van der Waals surface area (Å²) < 4.78 is 25.7. The summed E-state index contributed by atoms with van der Waals surface area (Å²) in [4.78, 5) is 38.9. The fourth-order valence-electron chi connectivity index (χ4n) is 3.55. The van der Waals surface area contributed by atoms with Crippen LogP contribution in [0, 0.1) is 5.82 Å². The summed E-state index contributed by atoms with van der Waals surface area (Å²) >= 11 is 16.2. The molecule has 3 aromatic carbocycles.